The Kier molecular flexibility index (Phi) is 9.82. The third kappa shape index (κ3) is 6.34. The predicted molar refractivity (Wildman–Crippen MR) is 153 cm³/mol. The Morgan fingerprint density at radius 3 is 2.58 bits per heavy atom. The molecule has 5 rings (SSSR count). The summed E-state index contributed by atoms with van der Waals surface area (Å²) in [6.45, 7) is 6.43. The molecule has 12 heteroatoms. The number of rotatable bonds is 11. The number of fused-ring (bicyclic) bond motifs is 3. The zero-order valence-corrected chi connectivity index (χ0v) is 24.9. The van der Waals surface area contributed by atoms with Gasteiger partial charge in [-0.3, -0.25) is 9.59 Å². The minimum absolute atomic E-state index is 0.0386. The maximum absolute atomic E-state index is 12.9. The highest BCUT2D eigenvalue weighted by atomic mass is 16.7. The molecule has 0 saturated carbocycles. The van der Waals surface area contributed by atoms with Crippen LogP contribution in [0.3, 0.4) is 0 Å². The number of aliphatic hydroxyl groups is 4. The van der Waals surface area contributed by atoms with E-state index >= 15 is 0 Å². The van der Waals surface area contributed by atoms with Gasteiger partial charge in [-0.15, -0.1) is 0 Å². The summed E-state index contributed by atoms with van der Waals surface area (Å²) >= 11 is 0. The van der Waals surface area contributed by atoms with Crippen LogP contribution < -0.4 is 14.8 Å². The van der Waals surface area contributed by atoms with Crippen LogP contribution in [0.4, 0.5) is 0 Å². The van der Waals surface area contributed by atoms with Crippen molar-refractivity contribution in [2.75, 3.05) is 26.4 Å². The van der Waals surface area contributed by atoms with Gasteiger partial charge in [-0.25, -0.2) is 0 Å². The predicted octanol–water partition coefficient (Wildman–Crippen LogP) is 1.70. The molecule has 1 aromatic heterocycles. The average Bonchev–Trinajstić information content (AvgIpc) is 3.62. The second-order valence-electron chi connectivity index (χ2n) is 12.1. The van der Waals surface area contributed by atoms with Crippen molar-refractivity contribution in [3.05, 3.63) is 23.0 Å². The number of esters is 1. The molecule has 2 aliphatic heterocycles. The van der Waals surface area contributed by atoms with Gasteiger partial charge in [0, 0.05) is 35.4 Å². The first-order valence-electron chi connectivity index (χ1n) is 15.3. The van der Waals surface area contributed by atoms with Crippen LogP contribution in [0.25, 0.3) is 11.0 Å². The number of carbonyl (C=O) groups excluding carboxylic acids is 2. The number of amides is 1. The van der Waals surface area contributed by atoms with E-state index in [9.17, 15) is 30.0 Å². The average molecular weight is 606 g/mol. The van der Waals surface area contributed by atoms with Gasteiger partial charge in [0.15, 0.2) is 11.3 Å². The molecule has 0 bridgehead atoms. The van der Waals surface area contributed by atoms with E-state index < -0.39 is 43.2 Å². The van der Waals surface area contributed by atoms with E-state index in [1.54, 1.807) is 13.2 Å². The summed E-state index contributed by atoms with van der Waals surface area (Å²) in [5.74, 6) is -0.000303. The van der Waals surface area contributed by atoms with E-state index in [1.807, 2.05) is 0 Å². The molecule has 1 aromatic carbocycles. The molecule has 0 unspecified atom stereocenters. The van der Waals surface area contributed by atoms with Crippen LogP contribution in [-0.4, -0.2) is 89.4 Å². The molecule has 12 nitrogen and oxygen atoms in total. The van der Waals surface area contributed by atoms with Gasteiger partial charge < -0.3 is 49.1 Å². The number of hydrogen-bond donors (Lipinski definition) is 5. The van der Waals surface area contributed by atoms with Gasteiger partial charge >= 0.3 is 5.97 Å². The van der Waals surface area contributed by atoms with Gasteiger partial charge in [-0.1, -0.05) is 13.8 Å². The third-order valence-electron chi connectivity index (χ3n) is 8.66. The van der Waals surface area contributed by atoms with Crippen LogP contribution in [-0.2, 0) is 31.9 Å². The second kappa shape index (κ2) is 13.4. The maximum Gasteiger partial charge on any atom is 0.309 e. The van der Waals surface area contributed by atoms with Crippen molar-refractivity contribution in [2.24, 2.45) is 11.8 Å². The Hall–Kier alpha value is -2.90. The molecule has 2 fully saturated rings. The summed E-state index contributed by atoms with van der Waals surface area (Å²) in [5.41, 5.74) is 2.83. The third-order valence-corrected chi connectivity index (χ3v) is 8.66. The summed E-state index contributed by atoms with van der Waals surface area (Å²) in [4.78, 5) is 25.0. The van der Waals surface area contributed by atoms with E-state index in [0.29, 0.717) is 49.5 Å². The van der Waals surface area contributed by atoms with Crippen molar-refractivity contribution in [3.63, 3.8) is 0 Å². The van der Waals surface area contributed by atoms with Gasteiger partial charge in [-0.2, -0.15) is 0 Å². The first-order valence-corrected chi connectivity index (χ1v) is 15.3. The van der Waals surface area contributed by atoms with Gasteiger partial charge in [0.2, 0.25) is 17.9 Å². The molecular formula is C31H43NO11. The SMILES string of the molecule is CCOC(=O)[C@@H]1CCc2c(c(O[C@@H]3O[C@H](CO)[C@@H](O)[C@H](O)[C@H]3O)c(OCCCC(C)C)c3occ([C@@H]4CNC(=O)C4)c23)C1. The zero-order valence-electron chi connectivity index (χ0n) is 24.9. The molecule has 238 valence electrons. The molecule has 7 atom stereocenters. The highest BCUT2D eigenvalue weighted by Gasteiger charge is 2.46. The monoisotopic (exact) mass is 605 g/mol. The van der Waals surface area contributed by atoms with Gasteiger partial charge in [0.1, 0.15) is 24.4 Å². The topological polar surface area (TPSA) is 177 Å². The van der Waals surface area contributed by atoms with Crippen molar-refractivity contribution in [1.29, 1.82) is 0 Å². The molecule has 3 heterocycles. The Bertz CT molecular complexity index is 1300. The lowest BCUT2D eigenvalue weighted by atomic mass is 9.80. The number of hydrogen-bond acceptors (Lipinski definition) is 11. The van der Waals surface area contributed by atoms with Crippen molar-refractivity contribution in [3.8, 4) is 11.5 Å². The maximum atomic E-state index is 12.9. The van der Waals surface area contributed by atoms with E-state index in [1.165, 1.54) is 0 Å². The minimum atomic E-state index is -1.65. The normalized spacial score (nSPS) is 29.0. The van der Waals surface area contributed by atoms with E-state index in [4.69, 9.17) is 23.4 Å². The first-order chi connectivity index (χ1) is 20.6. The second-order valence-corrected chi connectivity index (χ2v) is 12.1. The van der Waals surface area contributed by atoms with Crippen molar-refractivity contribution < 1.29 is 53.4 Å². The van der Waals surface area contributed by atoms with Crippen LogP contribution in [0.15, 0.2) is 10.7 Å². The summed E-state index contributed by atoms with van der Waals surface area (Å²) in [6.07, 6.45) is -2.57. The molecule has 5 N–H and O–H groups in total. The van der Waals surface area contributed by atoms with Gasteiger partial charge in [-0.05, 0) is 50.5 Å². The number of nitrogens with one attached hydrogen (secondary N) is 1. The lowest BCUT2D eigenvalue weighted by Crippen LogP contribution is -2.60. The number of carbonyl (C=O) groups is 2. The number of aliphatic hydroxyl groups excluding tert-OH is 4. The fourth-order valence-corrected chi connectivity index (χ4v) is 6.33. The van der Waals surface area contributed by atoms with Crippen LogP contribution in [0, 0.1) is 11.8 Å². The standard InChI is InChI=1S/C31H43NO11/c1-4-39-30(38)16-7-8-18-19(10-16)27(43-31-26(37)25(36)24(35)21(13-33)42-31)29(40-9-5-6-15(2)3)28-23(18)20(14-41-28)17-11-22(34)32-12-17/h14-17,21,24-26,31,33,35-37H,4-13H2,1-3H3,(H,32,34)/t16-,17+,21-,24-,25+,26-,31+/m1/s1. The lowest BCUT2D eigenvalue weighted by Gasteiger charge is -2.40. The summed E-state index contributed by atoms with van der Waals surface area (Å²) < 4.78 is 29.9. The highest BCUT2D eigenvalue weighted by Crippen LogP contribution is 2.50. The molecule has 0 spiro atoms. The molecule has 2 saturated heterocycles. The zero-order chi connectivity index (χ0) is 30.8. The summed E-state index contributed by atoms with van der Waals surface area (Å²) in [5, 5.41) is 45.1. The summed E-state index contributed by atoms with van der Waals surface area (Å²) in [6, 6.07) is 0. The number of ether oxygens (including phenoxy) is 4. The number of benzene rings is 1. The van der Waals surface area contributed by atoms with E-state index in [0.717, 1.165) is 29.4 Å². The number of furan rings is 1. The Morgan fingerprint density at radius 1 is 1.12 bits per heavy atom. The molecule has 3 aliphatic rings. The van der Waals surface area contributed by atoms with Gasteiger partial charge in [0.05, 0.1) is 32.0 Å². The highest BCUT2D eigenvalue weighted by molar-refractivity contribution is 5.95. The number of aryl methyl sites for hydroxylation is 1. The molecule has 2 aromatic rings. The molecule has 43 heavy (non-hydrogen) atoms. The van der Waals surface area contributed by atoms with Gasteiger partial charge in [0.25, 0.3) is 0 Å². The van der Waals surface area contributed by atoms with Crippen molar-refractivity contribution in [1.82, 2.24) is 5.32 Å². The first kappa shape index (κ1) is 31.5. The molecular weight excluding hydrogens is 562 g/mol. The van der Waals surface area contributed by atoms with Crippen molar-refractivity contribution in [2.45, 2.75) is 95.9 Å². The lowest BCUT2D eigenvalue weighted by molar-refractivity contribution is -0.277. The summed E-state index contributed by atoms with van der Waals surface area (Å²) in [7, 11) is 0. The molecule has 0 radical (unpaired) electrons. The van der Waals surface area contributed by atoms with E-state index in [2.05, 4.69) is 19.2 Å². The minimum Gasteiger partial charge on any atom is -0.486 e. The molecule has 1 aliphatic carbocycles. The van der Waals surface area contributed by atoms with E-state index in [-0.39, 0.29) is 42.3 Å². The quantitative estimate of drug-likeness (QED) is 0.186. The molecule has 1 amide bonds. The van der Waals surface area contributed by atoms with Crippen LogP contribution in [0.5, 0.6) is 11.5 Å². The Morgan fingerprint density at radius 2 is 1.91 bits per heavy atom. The largest absolute Gasteiger partial charge is 0.486 e. The van der Waals surface area contributed by atoms with Crippen LogP contribution in [0.1, 0.15) is 69.1 Å². The fourth-order valence-electron chi connectivity index (χ4n) is 6.33. The van der Waals surface area contributed by atoms with Crippen molar-refractivity contribution >= 4 is 22.8 Å². The Balaban J connectivity index is 1.64. The fraction of sp³-hybridized carbons (Fsp3) is 0.677. The van der Waals surface area contributed by atoms with Crippen LogP contribution in [0.2, 0.25) is 0 Å². The van der Waals surface area contributed by atoms with Crippen LogP contribution >= 0.6 is 0 Å². The smallest absolute Gasteiger partial charge is 0.309 e. The Labute approximate surface area is 250 Å².